The molecule has 0 saturated heterocycles. The van der Waals surface area contributed by atoms with E-state index < -0.39 is 0 Å². The van der Waals surface area contributed by atoms with Gasteiger partial charge in [0.15, 0.2) is 0 Å². The summed E-state index contributed by atoms with van der Waals surface area (Å²) in [7, 11) is 0. The van der Waals surface area contributed by atoms with Crippen molar-refractivity contribution in [3.05, 3.63) is 0 Å². The SMILES string of the molecule is CC1NN=C[C@@H]1C. The van der Waals surface area contributed by atoms with Gasteiger partial charge in [0.25, 0.3) is 0 Å². The van der Waals surface area contributed by atoms with Gasteiger partial charge in [0.1, 0.15) is 0 Å². The van der Waals surface area contributed by atoms with Crippen LogP contribution < -0.4 is 5.43 Å². The molecule has 2 nitrogen and oxygen atoms in total. The highest BCUT2D eigenvalue weighted by Gasteiger charge is 2.12. The molecular weight excluding hydrogens is 88.1 g/mol. The zero-order valence-corrected chi connectivity index (χ0v) is 4.68. The summed E-state index contributed by atoms with van der Waals surface area (Å²) < 4.78 is 0. The maximum absolute atomic E-state index is 3.87. The molecule has 0 radical (unpaired) electrons. The van der Waals surface area contributed by atoms with E-state index in [-0.39, 0.29) is 0 Å². The second-order valence-corrected chi connectivity index (χ2v) is 2.06. The number of hydrogen-bond donors (Lipinski definition) is 1. The standard InChI is InChI=1S/C5H10N2/c1-4-3-6-7-5(4)2/h3-5,7H,1-2H3/t4-,5?/m0/s1. The third-order valence-electron chi connectivity index (χ3n) is 1.38. The van der Waals surface area contributed by atoms with E-state index in [1.807, 2.05) is 6.21 Å². The average molecular weight is 98.1 g/mol. The number of nitrogens with zero attached hydrogens (tertiary/aromatic N) is 1. The van der Waals surface area contributed by atoms with Crippen molar-refractivity contribution in [2.24, 2.45) is 11.0 Å². The van der Waals surface area contributed by atoms with Crippen LogP contribution in [0.5, 0.6) is 0 Å². The highest BCUT2D eigenvalue weighted by molar-refractivity contribution is 5.62. The molecule has 2 heteroatoms. The fourth-order valence-electron chi connectivity index (χ4n) is 0.525. The molecule has 0 aliphatic carbocycles. The van der Waals surface area contributed by atoms with Gasteiger partial charge in [-0.15, -0.1) is 0 Å². The van der Waals surface area contributed by atoms with Crippen LogP contribution in [0.15, 0.2) is 5.10 Å². The van der Waals surface area contributed by atoms with Gasteiger partial charge in [-0.2, -0.15) is 5.10 Å². The average Bonchev–Trinajstić information content (AvgIpc) is 1.91. The second-order valence-electron chi connectivity index (χ2n) is 2.06. The topological polar surface area (TPSA) is 24.4 Å². The van der Waals surface area contributed by atoms with E-state index in [1.165, 1.54) is 0 Å². The van der Waals surface area contributed by atoms with Crippen LogP contribution >= 0.6 is 0 Å². The fraction of sp³-hybridized carbons (Fsp3) is 0.800. The maximum Gasteiger partial charge on any atom is 0.0487 e. The van der Waals surface area contributed by atoms with Gasteiger partial charge in [-0.3, -0.25) is 0 Å². The molecule has 0 aromatic carbocycles. The number of hydrazone groups is 1. The Balaban J connectivity index is 2.45. The van der Waals surface area contributed by atoms with Crippen molar-refractivity contribution >= 4 is 6.21 Å². The monoisotopic (exact) mass is 98.1 g/mol. The van der Waals surface area contributed by atoms with Crippen LogP contribution in [0.4, 0.5) is 0 Å². The van der Waals surface area contributed by atoms with E-state index in [0.29, 0.717) is 12.0 Å². The van der Waals surface area contributed by atoms with Crippen molar-refractivity contribution in [3.63, 3.8) is 0 Å². The predicted octanol–water partition coefficient (Wildman–Crippen LogP) is 0.600. The van der Waals surface area contributed by atoms with E-state index in [1.54, 1.807) is 0 Å². The van der Waals surface area contributed by atoms with Gasteiger partial charge in [-0.05, 0) is 6.92 Å². The highest BCUT2D eigenvalue weighted by Crippen LogP contribution is 2.02. The molecule has 40 valence electrons. The predicted molar refractivity (Wildman–Crippen MR) is 30.3 cm³/mol. The molecule has 7 heavy (non-hydrogen) atoms. The lowest BCUT2D eigenvalue weighted by Gasteiger charge is -2.04. The van der Waals surface area contributed by atoms with Crippen LogP contribution in [0.2, 0.25) is 0 Å². The van der Waals surface area contributed by atoms with Crippen molar-refractivity contribution in [1.82, 2.24) is 5.43 Å². The Hall–Kier alpha value is -0.530. The van der Waals surface area contributed by atoms with Crippen molar-refractivity contribution in [2.75, 3.05) is 0 Å². The van der Waals surface area contributed by atoms with Crippen LogP contribution in [0, 0.1) is 5.92 Å². The van der Waals surface area contributed by atoms with Gasteiger partial charge >= 0.3 is 0 Å². The zero-order valence-electron chi connectivity index (χ0n) is 4.68. The molecule has 0 aromatic heterocycles. The van der Waals surface area contributed by atoms with Gasteiger partial charge in [0.05, 0.1) is 0 Å². The van der Waals surface area contributed by atoms with Crippen molar-refractivity contribution < 1.29 is 0 Å². The first-order valence-corrected chi connectivity index (χ1v) is 2.59. The number of rotatable bonds is 0. The van der Waals surface area contributed by atoms with Gasteiger partial charge in [-0.1, -0.05) is 6.92 Å². The summed E-state index contributed by atoms with van der Waals surface area (Å²) in [6.07, 6.45) is 1.94. The largest absolute Gasteiger partial charge is 0.307 e. The van der Waals surface area contributed by atoms with Gasteiger partial charge in [0.2, 0.25) is 0 Å². The van der Waals surface area contributed by atoms with Gasteiger partial charge in [0, 0.05) is 18.2 Å². The summed E-state index contributed by atoms with van der Waals surface area (Å²) in [4.78, 5) is 0. The van der Waals surface area contributed by atoms with E-state index in [0.717, 1.165) is 0 Å². The lowest BCUT2D eigenvalue weighted by Crippen LogP contribution is -2.20. The van der Waals surface area contributed by atoms with Crippen LogP contribution in [0.25, 0.3) is 0 Å². The minimum Gasteiger partial charge on any atom is -0.307 e. The summed E-state index contributed by atoms with van der Waals surface area (Å²) in [6.45, 7) is 4.27. The third-order valence-corrected chi connectivity index (χ3v) is 1.38. The Kier molecular flexibility index (Phi) is 1.01. The molecule has 0 spiro atoms. The molecule has 0 aromatic rings. The second kappa shape index (κ2) is 1.52. The molecule has 0 amide bonds. The highest BCUT2D eigenvalue weighted by atomic mass is 15.3. The number of nitrogens with one attached hydrogen (secondary N) is 1. The van der Waals surface area contributed by atoms with E-state index in [4.69, 9.17) is 0 Å². The quantitative estimate of drug-likeness (QED) is 0.471. The van der Waals surface area contributed by atoms with E-state index >= 15 is 0 Å². The first kappa shape index (κ1) is 4.62. The van der Waals surface area contributed by atoms with Crippen molar-refractivity contribution in [2.45, 2.75) is 19.9 Å². The molecular formula is C5H10N2. The Morgan fingerprint density at radius 1 is 1.57 bits per heavy atom. The zero-order chi connectivity index (χ0) is 5.28. The molecule has 1 rings (SSSR count). The summed E-state index contributed by atoms with van der Waals surface area (Å²) in [5.41, 5.74) is 2.94. The molecule has 1 heterocycles. The lowest BCUT2D eigenvalue weighted by molar-refractivity contribution is 0.544. The summed E-state index contributed by atoms with van der Waals surface area (Å²) in [6, 6.07) is 0.542. The first-order valence-electron chi connectivity index (χ1n) is 2.59. The normalized spacial score (nSPS) is 38.6. The van der Waals surface area contributed by atoms with E-state index in [2.05, 4.69) is 24.4 Å². The minimum absolute atomic E-state index is 0.542. The molecule has 0 fully saturated rings. The molecule has 1 aliphatic heterocycles. The van der Waals surface area contributed by atoms with Crippen LogP contribution in [-0.4, -0.2) is 12.3 Å². The summed E-state index contributed by atoms with van der Waals surface area (Å²) in [5.74, 6) is 0.611. The summed E-state index contributed by atoms with van der Waals surface area (Å²) >= 11 is 0. The first-order chi connectivity index (χ1) is 3.30. The Morgan fingerprint density at radius 2 is 2.29 bits per heavy atom. The molecule has 0 saturated carbocycles. The fourth-order valence-corrected chi connectivity index (χ4v) is 0.525. The Morgan fingerprint density at radius 3 is 2.43 bits per heavy atom. The van der Waals surface area contributed by atoms with Crippen LogP contribution in [0.3, 0.4) is 0 Å². The molecule has 1 aliphatic rings. The van der Waals surface area contributed by atoms with Crippen molar-refractivity contribution in [1.29, 1.82) is 0 Å². The molecule has 2 atom stereocenters. The maximum atomic E-state index is 3.87. The summed E-state index contributed by atoms with van der Waals surface area (Å²) in [5, 5.41) is 3.87. The number of hydrogen-bond acceptors (Lipinski definition) is 2. The lowest BCUT2D eigenvalue weighted by atomic mass is 10.1. The minimum atomic E-state index is 0.542. The smallest absolute Gasteiger partial charge is 0.0487 e. The Labute approximate surface area is 43.6 Å². The van der Waals surface area contributed by atoms with Crippen molar-refractivity contribution in [3.8, 4) is 0 Å². The van der Waals surface area contributed by atoms with Crippen LogP contribution in [-0.2, 0) is 0 Å². The Bertz CT molecular complexity index is 88.1. The molecule has 1 N–H and O–H groups in total. The molecule has 0 bridgehead atoms. The molecule has 1 unspecified atom stereocenters. The van der Waals surface area contributed by atoms with Gasteiger partial charge in [-0.25, -0.2) is 0 Å². The van der Waals surface area contributed by atoms with Crippen LogP contribution in [0.1, 0.15) is 13.8 Å². The van der Waals surface area contributed by atoms with Gasteiger partial charge < -0.3 is 5.43 Å². The third kappa shape index (κ3) is 0.734. The van der Waals surface area contributed by atoms with E-state index in [9.17, 15) is 0 Å².